The number of morpholine rings is 1. The molecule has 81 valence electrons. The highest BCUT2D eigenvalue weighted by molar-refractivity contribution is 5.84. The molecule has 1 rings (SSSR count). The topological polar surface area (TPSA) is 29.5 Å². The van der Waals surface area contributed by atoms with Gasteiger partial charge < -0.3 is 9.64 Å². The van der Waals surface area contributed by atoms with Crippen molar-refractivity contribution in [1.82, 2.24) is 4.90 Å². The van der Waals surface area contributed by atoms with E-state index in [0.29, 0.717) is 13.2 Å². The SMILES string of the molecule is CCCCC[CH]C(=O)N1CCOCC1. The van der Waals surface area contributed by atoms with E-state index in [0.717, 1.165) is 25.9 Å². The molecule has 1 heterocycles. The fourth-order valence-electron chi connectivity index (χ4n) is 1.53. The van der Waals surface area contributed by atoms with Crippen molar-refractivity contribution in [2.45, 2.75) is 32.6 Å². The van der Waals surface area contributed by atoms with Crippen molar-refractivity contribution < 1.29 is 9.53 Å². The third kappa shape index (κ3) is 4.09. The van der Waals surface area contributed by atoms with Crippen molar-refractivity contribution in [1.29, 1.82) is 0 Å². The summed E-state index contributed by atoms with van der Waals surface area (Å²) >= 11 is 0. The molecule has 0 aromatic heterocycles. The number of unbranched alkanes of at least 4 members (excludes halogenated alkanes) is 3. The maximum absolute atomic E-state index is 11.6. The monoisotopic (exact) mass is 198 g/mol. The van der Waals surface area contributed by atoms with Crippen molar-refractivity contribution in [3.05, 3.63) is 6.42 Å². The summed E-state index contributed by atoms with van der Waals surface area (Å²) in [7, 11) is 0. The summed E-state index contributed by atoms with van der Waals surface area (Å²) in [6.07, 6.45) is 6.30. The summed E-state index contributed by atoms with van der Waals surface area (Å²) < 4.78 is 5.19. The lowest BCUT2D eigenvalue weighted by Gasteiger charge is -2.26. The standard InChI is InChI=1S/C11H20NO2/c1-2-3-4-5-6-11(13)12-7-9-14-10-8-12/h6H,2-5,7-10H2,1H3. The molecular formula is C11H20NO2. The van der Waals surface area contributed by atoms with Gasteiger partial charge in [-0.05, 0) is 6.42 Å². The van der Waals surface area contributed by atoms with Crippen LogP contribution in [0.3, 0.4) is 0 Å². The minimum atomic E-state index is 0.185. The molecule has 0 unspecified atom stereocenters. The van der Waals surface area contributed by atoms with Crippen LogP contribution in [0.5, 0.6) is 0 Å². The predicted octanol–water partition coefficient (Wildman–Crippen LogP) is 1.63. The van der Waals surface area contributed by atoms with Gasteiger partial charge in [0, 0.05) is 19.5 Å². The molecule has 14 heavy (non-hydrogen) atoms. The average Bonchev–Trinajstić information content (AvgIpc) is 2.25. The van der Waals surface area contributed by atoms with Crippen LogP contribution >= 0.6 is 0 Å². The van der Waals surface area contributed by atoms with Gasteiger partial charge >= 0.3 is 0 Å². The second kappa shape index (κ2) is 6.82. The van der Waals surface area contributed by atoms with Crippen LogP contribution in [0.1, 0.15) is 32.6 Å². The van der Waals surface area contributed by atoms with Crippen LogP contribution in [0.4, 0.5) is 0 Å². The number of ether oxygens (including phenoxy) is 1. The zero-order valence-electron chi connectivity index (χ0n) is 9.00. The van der Waals surface area contributed by atoms with E-state index in [9.17, 15) is 4.79 Å². The van der Waals surface area contributed by atoms with E-state index in [1.54, 1.807) is 0 Å². The molecule has 0 spiro atoms. The molecule has 0 N–H and O–H groups in total. The maximum Gasteiger partial charge on any atom is 0.226 e. The normalized spacial score (nSPS) is 17.1. The molecule has 0 aliphatic carbocycles. The van der Waals surface area contributed by atoms with E-state index in [-0.39, 0.29) is 5.91 Å². The number of hydrogen-bond donors (Lipinski definition) is 0. The number of carbonyl (C=O) groups is 1. The third-order valence-corrected chi connectivity index (χ3v) is 2.45. The van der Waals surface area contributed by atoms with Crippen LogP contribution in [-0.4, -0.2) is 37.1 Å². The largest absolute Gasteiger partial charge is 0.378 e. The second-order valence-corrected chi connectivity index (χ2v) is 3.64. The molecule has 0 atom stereocenters. The average molecular weight is 198 g/mol. The molecule has 1 fully saturated rings. The van der Waals surface area contributed by atoms with Crippen LogP contribution in [-0.2, 0) is 9.53 Å². The van der Waals surface area contributed by atoms with E-state index >= 15 is 0 Å². The first-order valence-electron chi connectivity index (χ1n) is 5.54. The number of rotatable bonds is 5. The Bertz CT molecular complexity index is 165. The quantitative estimate of drug-likeness (QED) is 0.628. The smallest absolute Gasteiger partial charge is 0.226 e. The fraction of sp³-hybridized carbons (Fsp3) is 0.818. The zero-order chi connectivity index (χ0) is 10.2. The summed E-state index contributed by atoms with van der Waals surface area (Å²) in [4.78, 5) is 13.4. The fourth-order valence-corrected chi connectivity index (χ4v) is 1.53. The Hall–Kier alpha value is -0.570. The first-order valence-corrected chi connectivity index (χ1v) is 5.54. The lowest BCUT2D eigenvalue weighted by atomic mass is 10.1. The summed E-state index contributed by atoms with van der Waals surface area (Å²) in [6.45, 7) is 5.05. The molecule has 0 aromatic rings. The van der Waals surface area contributed by atoms with E-state index in [4.69, 9.17) is 4.74 Å². The van der Waals surface area contributed by atoms with Gasteiger partial charge in [-0.25, -0.2) is 0 Å². The van der Waals surface area contributed by atoms with Crippen LogP contribution in [0.25, 0.3) is 0 Å². The molecule has 1 saturated heterocycles. The van der Waals surface area contributed by atoms with Crippen LogP contribution in [0.15, 0.2) is 0 Å². The number of nitrogens with zero attached hydrogens (tertiary/aromatic N) is 1. The van der Waals surface area contributed by atoms with Gasteiger partial charge in [0.05, 0.1) is 13.2 Å². The Morgan fingerprint density at radius 1 is 1.36 bits per heavy atom. The van der Waals surface area contributed by atoms with Gasteiger partial charge in [-0.15, -0.1) is 0 Å². The van der Waals surface area contributed by atoms with Crippen LogP contribution in [0, 0.1) is 6.42 Å². The highest BCUT2D eigenvalue weighted by Gasteiger charge is 2.15. The lowest BCUT2D eigenvalue weighted by Crippen LogP contribution is -2.40. The van der Waals surface area contributed by atoms with Gasteiger partial charge in [-0.3, -0.25) is 4.79 Å². The Morgan fingerprint density at radius 3 is 2.71 bits per heavy atom. The minimum Gasteiger partial charge on any atom is -0.378 e. The number of hydrogen-bond acceptors (Lipinski definition) is 2. The summed E-state index contributed by atoms with van der Waals surface area (Å²) in [5.41, 5.74) is 0. The van der Waals surface area contributed by atoms with E-state index in [2.05, 4.69) is 6.92 Å². The Morgan fingerprint density at radius 2 is 2.07 bits per heavy atom. The Labute approximate surface area is 86.4 Å². The third-order valence-electron chi connectivity index (χ3n) is 2.45. The molecule has 1 amide bonds. The molecule has 1 aliphatic rings. The molecule has 1 radical (unpaired) electrons. The van der Waals surface area contributed by atoms with Crippen LogP contribution in [0.2, 0.25) is 0 Å². The second-order valence-electron chi connectivity index (χ2n) is 3.64. The highest BCUT2D eigenvalue weighted by atomic mass is 16.5. The van der Waals surface area contributed by atoms with Crippen molar-refractivity contribution in [3.8, 4) is 0 Å². The number of amides is 1. The minimum absolute atomic E-state index is 0.185. The van der Waals surface area contributed by atoms with E-state index in [1.807, 2.05) is 11.3 Å². The zero-order valence-corrected chi connectivity index (χ0v) is 9.00. The van der Waals surface area contributed by atoms with Gasteiger partial charge in [-0.2, -0.15) is 0 Å². The molecule has 3 heteroatoms. The van der Waals surface area contributed by atoms with Crippen molar-refractivity contribution in [3.63, 3.8) is 0 Å². The van der Waals surface area contributed by atoms with E-state index < -0.39 is 0 Å². The van der Waals surface area contributed by atoms with Crippen LogP contribution < -0.4 is 0 Å². The first-order chi connectivity index (χ1) is 6.84. The molecule has 3 nitrogen and oxygen atoms in total. The van der Waals surface area contributed by atoms with Crippen molar-refractivity contribution >= 4 is 5.91 Å². The molecule has 1 aliphatic heterocycles. The van der Waals surface area contributed by atoms with Gasteiger partial charge in [-0.1, -0.05) is 26.2 Å². The van der Waals surface area contributed by atoms with E-state index in [1.165, 1.54) is 12.8 Å². The van der Waals surface area contributed by atoms with Gasteiger partial charge in [0.2, 0.25) is 5.91 Å². The highest BCUT2D eigenvalue weighted by Crippen LogP contribution is 2.05. The lowest BCUT2D eigenvalue weighted by molar-refractivity contribution is -0.131. The summed E-state index contributed by atoms with van der Waals surface area (Å²) in [5.74, 6) is 0.185. The predicted molar refractivity (Wildman–Crippen MR) is 55.8 cm³/mol. The molecule has 0 aromatic carbocycles. The Balaban J connectivity index is 2.07. The van der Waals surface area contributed by atoms with Crippen molar-refractivity contribution in [2.75, 3.05) is 26.3 Å². The summed E-state index contributed by atoms with van der Waals surface area (Å²) in [6, 6.07) is 0. The molecular weight excluding hydrogens is 178 g/mol. The summed E-state index contributed by atoms with van der Waals surface area (Å²) in [5, 5.41) is 0. The van der Waals surface area contributed by atoms with Crippen molar-refractivity contribution in [2.24, 2.45) is 0 Å². The van der Waals surface area contributed by atoms with Gasteiger partial charge in [0.15, 0.2) is 0 Å². The van der Waals surface area contributed by atoms with Gasteiger partial charge in [0.25, 0.3) is 0 Å². The number of carbonyl (C=O) groups excluding carboxylic acids is 1. The van der Waals surface area contributed by atoms with Gasteiger partial charge in [0.1, 0.15) is 0 Å². The maximum atomic E-state index is 11.6. The Kier molecular flexibility index (Phi) is 5.60. The molecule has 0 bridgehead atoms. The molecule has 0 saturated carbocycles. The first kappa shape index (κ1) is 11.5.